The Hall–Kier alpha value is -0.0800. The van der Waals surface area contributed by atoms with Crippen molar-refractivity contribution in [1.82, 2.24) is 10.2 Å². The van der Waals surface area contributed by atoms with Gasteiger partial charge in [-0.3, -0.25) is 4.90 Å². The Morgan fingerprint density at radius 3 is 2.53 bits per heavy atom. The van der Waals surface area contributed by atoms with Crippen molar-refractivity contribution in [3.05, 3.63) is 0 Å². The highest BCUT2D eigenvalue weighted by atomic mass is 15.2. The van der Waals surface area contributed by atoms with Crippen molar-refractivity contribution >= 4 is 0 Å². The zero-order chi connectivity index (χ0) is 10.9. The van der Waals surface area contributed by atoms with Gasteiger partial charge >= 0.3 is 0 Å². The molecule has 88 valence electrons. The molecule has 2 fully saturated rings. The van der Waals surface area contributed by atoms with Gasteiger partial charge in [0.2, 0.25) is 0 Å². The minimum atomic E-state index is 0.489. The molecule has 2 nitrogen and oxygen atoms in total. The first kappa shape index (κ1) is 11.4. The molecule has 2 heteroatoms. The predicted octanol–water partition coefficient (Wildman–Crippen LogP) is 2.25. The number of hydrogen-bond acceptors (Lipinski definition) is 2. The summed E-state index contributed by atoms with van der Waals surface area (Å²) in [6.45, 7) is 10.9. The summed E-state index contributed by atoms with van der Waals surface area (Å²) in [5.74, 6) is 0. The quantitative estimate of drug-likeness (QED) is 0.768. The molecular formula is C13H26N2. The lowest BCUT2D eigenvalue weighted by Gasteiger charge is -2.35. The molecule has 2 rings (SSSR count). The van der Waals surface area contributed by atoms with Crippen LogP contribution in [0.4, 0.5) is 0 Å². The predicted molar refractivity (Wildman–Crippen MR) is 65.1 cm³/mol. The second-order valence-electron chi connectivity index (χ2n) is 5.87. The van der Waals surface area contributed by atoms with E-state index in [-0.39, 0.29) is 0 Å². The fourth-order valence-electron chi connectivity index (χ4n) is 3.46. The van der Waals surface area contributed by atoms with Crippen LogP contribution in [0.3, 0.4) is 0 Å². The van der Waals surface area contributed by atoms with Crippen LogP contribution in [-0.4, -0.2) is 36.6 Å². The number of rotatable bonds is 3. The van der Waals surface area contributed by atoms with Crippen LogP contribution >= 0.6 is 0 Å². The third kappa shape index (κ3) is 2.21. The highest BCUT2D eigenvalue weighted by molar-refractivity contribution is 5.01. The standard InChI is InChI=1S/C13H26N2/c1-4-14-12-11(7-8-13(12,2)3)15-9-5-6-10-15/h11-12,14H,4-10H2,1-3H3. The number of likely N-dealkylation sites (tertiary alicyclic amines) is 1. The van der Waals surface area contributed by atoms with Crippen molar-refractivity contribution in [2.75, 3.05) is 19.6 Å². The van der Waals surface area contributed by atoms with Gasteiger partial charge in [0, 0.05) is 12.1 Å². The number of likely N-dealkylation sites (N-methyl/N-ethyl adjacent to an activating group) is 1. The first-order valence-electron chi connectivity index (χ1n) is 6.62. The van der Waals surface area contributed by atoms with Crippen LogP contribution in [0.2, 0.25) is 0 Å². The van der Waals surface area contributed by atoms with Crippen molar-refractivity contribution in [3.8, 4) is 0 Å². The molecule has 0 radical (unpaired) electrons. The summed E-state index contributed by atoms with van der Waals surface area (Å²) >= 11 is 0. The maximum absolute atomic E-state index is 3.72. The Kier molecular flexibility index (Phi) is 3.36. The second kappa shape index (κ2) is 4.42. The molecule has 1 saturated heterocycles. The lowest BCUT2D eigenvalue weighted by molar-refractivity contribution is 0.172. The van der Waals surface area contributed by atoms with Crippen molar-refractivity contribution in [2.24, 2.45) is 5.41 Å². The number of nitrogens with zero attached hydrogens (tertiary/aromatic N) is 1. The fourth-order valence-corrected chi connectivity index (χ4v) is 3.46. The van der Waals surface area contributed by atoms with Gasteiger partial charge in [-0.25, -0.2) is 0 Å². The van der Waals surface area contributed by atoms with E-state index >= 15 is 0 Å². The van der Waals surface area contributed by atoms with Crippen LogP contribution in [0, 0.1) is 5.41 Å². The molecule has 15 heavy (non-hydrogen) atoms. The van der Waals surface area contributed by atoms with Crippen LogP contribution in [0.5, 0.6) is 0 Å². The summed E-state index contributed by atoms with van der Waals surface area (Å²) in [6.07, 6.45) is 5.60. The molecule has 1 heterocycles. The first-order valence-corrected chi connectivity index (χ1v) is 6.62. The first-order chi connectivity index (χ1) is 7.15. The van der Waals surface area contributed by atoms with Crippen LogP contribution in [0.1, 0.15) is 46.5 Å². The van der Waals surface area contributed by atoms with Crippen LogP contribution in [0.25, 0.3) is 0 Å². The summed E-state index contributed by atoms with van der Waals surface area (Å²) in [5.41, 5.74) is 0.489. The Labute approximate surface area is 94.4 Å². The maximum Gasteiger partial charge on any atom is 0.0274 e. The van der Waals surface area contributed by atoms with E-state index in [2.05, 4.69) is 31.0 Å². The summed E-state index contributed by atoms with van der Waals surface area (Å²) in [7, 11) is 0. The van der Waals surface area contributed by atoms with Crippen molar-refractivity contribution < 1.29 is 0 Å². The minimum absolute atomic E-state index is 0.489. The zero-order valence-electron chi connectivity index (χ0n) is 10.6. The normalized spacial score (nSPS) is 36.2. The largest absolute Gasteiger partial charge is 0.312 e. The molecule has 1 aliphatic heterocycles. The maximum atomic E-state index is 3.72. The van der Waals surface area contributed by atoms with Gasteiger partial charge in [-0.2, -0.15) is 0 Å². The average Bonchev–Trinajstić information content (AvgIpc) is 2.76. The molecular weight excluding hydrogens is 184 g/mol. The van der Waals surface area contributed by atoms with Gasteiger partial charge in [-0.15, -0.1) is 0 Å². The smallest absolute Gasteiger partial charge is 0.0274 e. The summed E-state index contributed by atoms with van der Waals surface area (Å²) < 4.78 is 0. The van der Waals surface area contributed by atoms with E-state index in [0.717, 1.165) is 12.6 Å². The SMILES string of the molecule is CCNC1C(N2CCCC2)CCC1(C)C. The lowest BCUT2D eigenvalue weighted by atomic mass is 9.86. The Balaban J connectivity index is 2.04. The molecule has 0 aromatic heterocycles. The van der Waals surface area contributed by atoms with Crippen molar-refractivity contribution in [2.45, 2.75) is 58.5 Å². The second-order valence-corrected chi connectivity index (χ2v) is 5.87. The third-order valence-electron chi connectivity index (χ3n) is 4.34. The topological polar surface area (TPSA) is 15.3 Å². The van der Waals surface area contributed by atoms with E-state index in [1.54, 1.807) is 0 Å². The molecule has 2 atom stereocenters. The van der Waals surface area contributed by atoms with E-state index in [9.17, 15) is 0 Å². The van der Waals surface area contributed by atoms with Crippen LogP contribution < -0.4 is 5.32 Å². The summed E-state index contributed by atoms with van der Waals surface area (Å²) in [6, 6.07) is 1.52. The molecule has 2 unspecified atom stereocenters. The van der Waals surface area contributed by atoms with E-state index < -0.39 is 0 Å². The molecule has 0 amide bonds. The van der Waals surface area contributed by atoms with E-state index in [1.165, 1.54) is 38.8 Å². The minimum Gasteiger partial charge on any atom is -0.312 e. The van der Waals surface area contributed by atoms with Gasteiger partial charge in [-0.1, -0.05) is 20.8 Å². The molecule has 1 aliphatic carbocycles. The van der Waals surface area contributed by atoms with Gasteiger partial charge in [0.1, 0.15) is 0 Å². The van der Waals surface area contributed by atoms with E-state index in [1.807, 2.05) is 0 Å². The molecule has 0 bridgehead atoms. The third-order valence-corrected chi connectivity index (χ3v) is 4.34. The summed E-state index contributed by atoms with van der Waals surface area (Å²) in [5, 5.41) is 3.72. The van der Waals surface area contributed by atoms with Gasteiger partial charge in [0.25, 0.3) is 0 Å². The molecule has 0 spiro atoms. The summed E-state index contributed by atoms with van der Waals surface area (Å²) in [4.78, 5) is 2.72. The Morgan fingerprint density at radius 1 is 1.27 bits per heavy atom. The van der Waals surface area contributed by atoms with Crippen LogP contribution in [0.15, 0.2) is 0 Å². The lowest BCUT2D eigenvalue weighted by Crippen LogP contribution is -2.51. The highest BCUT2D eigenvalue weighted by Crippen LogP contribution is 2.40. The Morgan fingerprint density at radius 2 is 1.93 bits per heavy atom. The Bertz CT molecular complexity index is 207. The van der Waals surface area contributed by atoms with E-state index in [0.29, 0.717) is 11.5 Å². The molecule has 1 N–H and O–H groups in total. The van der Waals surface area contributed by atoms with Gasteiger partial charge < -0.3 is 5.32 Å². The van der Waals surface area contributed by atoms with Crippen molar-refractivity contribution in [1.29, 1.82) is 0 Å². The molecule has 2 aliphatic rings. The molecule has 0 aromatic carbocycles. The van der Waals surface area contributed by atoms with E-state index in [4.69, 9.17) is 0 Å². The molecule has 0 aromatic rings. The van der Waals surface area contributed by atoms with Gasteiger partial charge in [0.15, 0.2) is 0 Å². The number of nitrogens with one attached hydrogen (secondary N) is 1. The van der Waals surface area contributed by atoms with Crippen molar-refractivity contribution in [3.63, 3.8) is 0 Å². The van der Waals surface area contributed by atoms with Gasteiger partial charge in [0.05, 0.1) is 0 Å². The highest BCUT2D eigenvalue weighted by Gasteiger charge is 2.44. The zero-order valence-corrected chi connectivity index (χ0v) is 10.6. The van der Waals surface area contributed by atoms with Gasteiger partial charge in [-0.05, 0) is 50.7 Å². The van der Waals surface area contributed by atoms with Crippen LogP contribution in [-0.2, 0) is 0 Å². The fraction of sp³-hybridized carbons (Fsp3) is 1.00. The molecule has 1 saturated carbocycles. The number of hydrogen-bond donors (Lipinski definition) is 1. The monoisotopic (exact) mass is 210 g/mol. The average molecular weight is 210 g/mol.